The van der Waals surface area contributed by atoms with Crippen molar-refractivity contribution in [2.75, 3.05) is 12.8 Å². The number of hydrogen-bond acceptors (Lipinski definition) is 4. The van der Waals surface area contributed by atoms with Gasteiger partial charge in [0.05, 0.1) is 12.7 Å². The zero-order valence-electron chi connectivity index (χ0n) is 7.50. The Morgan fingerprint density at radius 1 is 1.54 bits per heavy atom. The van der Waals surface area contributed by atoms with Crippen LogP contribution in [0.1, 0.15) is 15.9 Å². The van der Waals surface area contributed by atoms with E-state index in [1.165, 1.54) is 7.11 Å². The molecule has 0 bridgehead atoms. The van der Waals surface area contributed by atoms with Gasteiger partial charge in [-0.2, -0.15) is 0 Å². The second kappa shape index (κ2) is 3.70. The van der Waals surface area contributed by atoms with Crippen molar-refractivity contribution < 1.29 is 9.53 Å². The molecule has 0 aromatic heterocycles. The molecule has 0 saturated carbocycles. The fourth-order valence-electron chi connectivity index (χ4n) is 1.06. The highest BCUT2D eigenvalue weighted by Crippen LogP contribution is 2.22. The number of methoxy groups -OCH3 is 1. The molecule has 0 fully saturated rings. The number of nitrogen functional groups attached to an aromatic ring is 1. The van der Waals surface area contributed by atoms with E-state index in [2.05, 4.69) is 17.4 Å². The highest BCUT2D eigenvalue weighted by molar-refractivity contribution is 7.80. The lowest BCUT2D eigenvalue weighted by Crippen LogP contribution is -2.06. The van der Waals surface area contributed by atoms with Crippen molar-refractivity contribution in [3.63, 3.8) is 0 Å². The number of hydrogen-bond donors (Lipinski definition) is 2. The van der Waals surface area contributed by atoms with Crippen LogP contribution in [0.2, 0.25) is 0 Å². The van der Waals surface area contributed by atoms with Crippen molar-refractivity contribution in [2.45, 2.75) is 11.8 Å². The van der Waals surface area contributed by atoms with Gasteiger partial charge in [-0.05, 0) is 24.6 Å². The molecule has 70 valence electrons. The number of carbonyl (C=O) groups excluding carboxylic acids is 1. The highest BCUT2D eigenvalue weighted by atomic mass is 32.1. The summed E-state index contributed by atoms with van der Waals surface area (Å²) in [7, 11) is 1.32. The summed E-state index contributed by atoms with van der Waals surface area (Å²) in [5, 5.41) is 0. The molecule has 0 unspecified atom stereocenters. The second-order valence-corrected chi connectivity index (χ2v) is 3.23. The van der Waals surface area contributed by atoms with E-state index in [1.54, 1.807) is 12.1 Å². The van der Waals surface area contributed by atoms with Gasteiger partial charge in [-0.3, -0.25) is 0 Å². The Labute approximate surface area is 82.3 Å². The number of aryl methyl sites for hydroxylation is 1. The van der Waals surface area contributed by atoms with Gasteiger partial charge in [0, 0.05) is 10.6 Å². The van der Waals surface area contributed by atoms with Crippen LogP contribution in [-0.2, 0) is 4.74 Å². The summed E-state index contributed by atoms with van der Waals surface area (Å²) in [6.07, 6.45) is 0. The van der Waals surface area contributed by atoms with Crippen molar-refractivity contribution in [1.82, 2.24) is 0 Å². The number of ether oxygens (including phenoxy) is 1. The maximum absolute atomic E-state index is 11.2. The molecule has 1 aromatic rings. The van der Waals surface area contributed by atoms with Gasteiger partial charge in [-0.15, -0.1) is 12.6 Å². The van der Waals surface area contributed by atoms with Crippen molar-refractivity contribution in [3.8, 4) is 0 Å². The standard InChI is InChI=1S/C9H11NO2S/c1-5-3-6(13)4-7(8(5)10)9(11)12-2/h3-4,13H,10H2,1-2H3. The van der Waals surface area contributed by atoms with E-state index in [1.807, 2.05) is 6.92 Å². The first-order chi connectivity index (χ1) is 6.06. The van der Waals surface area contributed by atoms with Gasteiger partial charge in [0.25, 0.3) is 0 Å². The topological polar surface area (TPSA) is 52.3 Å². The van der Waals surface area contributed by atoms with Gasteiger partial charge in [-0.25, -0.2) is 4.79 Å². The van der Waals surface area contributed by atoms with Crippen molar-refractivity contribution >= 4 is 24.3 Å². The maximum Gasteiger partial charge on any atom is 0.340 e. The van der Waals surface area contributed by atoms with E-state index in [9.17, 15) is 4.79 Å². The molecular formula is C9H11NO2S. The smallest absolute Gasteiger partial charge is 0.340 e. The van der Waals surface area contributed by atoms with Crippen LogP contribution >= 0.6 is 12.6 Å². The molecular weight excluding hydrogens is 186 g/mol. The molecule has 0 radical (unpaired) electrons. The molecule has 0 heterocycles. The zero-order chi connectivity index (χ0) is 10.0. The Morgan fingerprint density at radius 3 is 2.69 bits per heavy atom. The summed E-state index contributed by atoms with van der Waals surface area (Å²) in [4.78, 5) is 11.9. The number of nitrogens with two attached hydrogens (primary N) is 1. The first-order valence-electron chi connectivity index (χ1n) is 3.73. The normalized spacial score (nSPS) is 9.77. The third-order valence-corrected chi connectivity index (χ3v) is 2.04. The van der Waals surface area contributed by atoms with Crippen LogP contribution in [-0.4, -0.2) is 13.1 Å². The zero-order valence-corrected chi connectivity index (χ0v) is 8.39. The van der Waals surface area contributed by atoms with Gasteiger partial charge >= 0.3 is 5.97 Å². The SMILES string of the molecule is COC(=O)c1cc(S)cc(C)c1N. The highest BCUT2D eigenvalue weighted by Gasteiger charge is 2.11. The second-order valence-electron chi connectivity index (χ2n) is 2.72. The largest absolute Gasteiger partial charge is 0.465 e. The molecule has 1 rings (SSSR count). The van der Waals surface area contributed by atoms with Crippen LogP contribution in [0.3, 0.4) is 0 Å². The van der Waals surface area contributed by atoms with Gasteiger partial charge in [0.1, 0.15) is 0 Å². The minimum Gasteiger partial charge on any atom is -0.465 e. The van der Waals surface area contributed by atoms with Crippen LogP contribution in [0.4, 0.5) is 5.69 Å². The Hall–Kier alpha value is -1.16. The molecule has 0 spiro atoms. The van der Waals surface area contributed by atoms with E-state index in [0.29, 0.717) is 16.1 Å². The van der Waals surface area contributed by atoms with Gasteiger partial charge in [0.2, 0.25) is 0 Å². The van der Waals surface area contributed by atoms with Crippen LogP contribution in [0, 0.1) is 6.92 Å². The van der Waals surface area contributed by atoms with Gasteiger partial charge in [-0.1, -0.05) is 0 Å². The first-order valence-corrected chi connectivity index (χ1v) is 4.18. The maximum atomic E-state index is 11.2. The fraction of sp³-hybridized carbons (Fsp3) is 0.222. The predicted molar refractivity (Wildman–Crippen MR) is 54.2 cm³/mol. The Bertz CT molecular complexity index is 350. The summed E-state index contributed by atoms with van der Waals surface area (Å²) in [6.45, 7) is 1.82. The third-order valence-electron chi connectivity index (χ3n) is 1.78. The van der Waals surface area contributed by atoms with Crippen LogP contribution in [0.5, 0.6) is 0 Å². The van der Waals surface area contributed by atoms with Crippen molar-refractivity contribution in [1.29, 1.82) is 0 Å². The van der Waals surface area contributed by atoms with E-state index in [0.717, 1.165) is 5.56 Å². The van der Waals surface area contributed by atoms with E-state index < -0.39 is 5.97 Å². The summed E-state index contributed by atoms with van der Waals surface area (Å²) < 4.78 is 4.57. The molecule has 0 amide bonds. The third kappa shape index (κ3) is 1.95. The van der Waals surface area contributed by atoms with Crippen LogP contribution in [0.25, 0.3) is 0 Å². The Kier molecular flexibility index (Phi) is 2.83. The molecule has 2 N–H and O–H groups in total. The molecule has 3 nitrogen and oxygen atoms in total. The summed E-state index contributed by atoms with van der Waals surface area (Å²) in [5.41, 5.74) is 7.34. The minimum atomic E-state index is -0.434. The number of benzene rings is 1. The molecule has 0 saturated heterocycles. The molecule has 1 aromatic carbocycles. The lowest BCUT2D eigenvalue weighted by molar-refractivity contribution is 0.0601. The van der Waals surface area contributed by atoms with Gasteiger partial charge in [0.15, 0.2) is 0 Å². The van der Waals surface area contributed by atoms with E-state index in [-0.39, 0.29) is 0 Å². The number of anilines is 1. The average molecular weight is 197 g/mol. The summed E-state index contributed by atoms with van der Waals surface area (Å²) >= 11 is 4.14. The fourth-order valence-corrected chi connectivity index (χ4v) is 1.38. The number of thiol groups is 1. The van der Waals surface area contributed by atoms with Crippen LogP contribution < -0.4 is 5.73 Å². The minimum absolute atomic E-state index is 0.368. The lowest BCUT2D eigenvalue weighted by atomic mass is 10.1. The quantitative estimate of drug-likeness (QED) is 0.409. The Morgan fingerprint density at radius 2 is 2.15 bits per heavy atom. The monoisotopic (exact) mass is 197 g/mol. The predicted octanol–water partition coefficient (Wildman–Crippen LogP) is 1.65. The lowest BCUT2D eigenvalue weighted by Gasteiger charge is -2.07. The average Bonchev–Trinajstić information content (AvgIpc) is 2.10. The molecule has 0 atom stereocenters. The van der Waals surface area contributed by atoms with E-state index >= 15 is 0 Å². The Balaban J connectivity index is 3.28. The van der Waals surface area contributed by atoms with Crippen molar-refractivity contribution in [3.05, 3.63) is 23.3 Å². The molecule has 4 heteroatoms. The number of rotatable bonds is 1. The van der Waals surface area contributed by atoms with Crippen molar-refractivity contribution in [2.24, 2.45) is 0 Å². The summed E-state index contributed by atoms with van der Waals surface area (Å²) in [6, 6.07) is 3.39. The number of carbonyl (C=O) groups is 1. The molecule has 0 aliphatic rings. The van der Waals surface area contributed by atoms with Gasteiger partial charge < -0.3 is 10.5 Å². The van der Waals surface area contributed by atoms with E-state index in [4.69, 9.17) is 5.73 Å². The first kappa shape index (κ1) is 9.92. The summed E-state index contributed by atoms with van der Waals surface area (Å²) in [5.74, 6) is -0.434. The molecule has 0 aliphatic heterocycles. The number of esters is 1. The molecule has 0 aliphatic carbocycles. The van der Waals surface area contributed by atoms with Crippen LogP contribution in [0.15, 0.2) is 17.0 Å². The molecule has 13 heavy (non-hydrogen) atoms.